The van der Waals surface area contributed by atoms with Gasteiger partial charge in [0.15, 0.2) is 0 Å². The number of anilines is 2. The smallest absolute Gasteiger partial charge is 0.290 e. The highest BCUT2D eigenvalue weighted by Gasteiger charge is 2.28. The van der Waals surface area contributed by atoms with Gasteiger partial charge in [-0.25, -0.2) is 9.97 Å². The van der Waals surface area contributed by atoms with E-state index in [0.717, 1.165) is 60.7 Å². The minimum atomic E-state index is -0.250. The van der Waals surface area contributed by atoms with Gasteiger partial charge in [0.05, 0.1) is 22.1 Å². The Bertz CT molecular complexity index is 2050. The van der Waals surface area contributed by atoms with E-state index in [1.807, 2.05) is 0 Å². The molecule has 4 aliphatic rings. The van der Waals surface area contributed by atoms with Crippen LogP contribution in [-0.2, 0) is 18.9 Å². The number of hydrogen-bond donors (Lipinski definition) is 1. The van der Waals surface area contributed by atoms with Crippen molar-refractivity contribution in [3.63, 3.8) is 0 Å². The molecule has 4 fully saturated rings. The third kappa shape index (κ3) is 8.71. The minimum Gasteiger partial charge on any atom is -0.483 e. The fourth-order valence-electron chi connectivity index (χ4n) is 8.20. The summed E-state index contributed by atoms with van der Waals surface area (Å²) in [6.07, 6.45) is 5.78. The summed E-state index contributed by atoms with van der Waals surface area (Å²) in [6.45, 7) is 11.6. The van der Waals surface area contributed by atoms with Gasteiger partial charge < -0.3 is 24.0 Å². The molecule has 0 bridgehead atoms. The Balaban J connectivity index is 0.000000145. The van der Waals surface area contributed by atoms with Gasteiger partial charge in [-0.05, 0) is 86.1 Å². The molecule has 286 valence electrons. The SMILES string of the molecule is Cn1c(-c2cccc(N3CCN(CC4CC4)CC3)c2)nc2ccccc21.Cn1c(-c2cccc(N3CCN(CC4CC4)CC3)c2)nc2ccccc21.O=CO. The van der Waals surface area contributed by atoms with Gasteiger partial charge in [-0.15, -0.1) is 0 Å². The average Bonchev–Trinajstić information content (AvgIpc) is 4.17. The Kier molecular flexibility index (Phi) is 11.1. The molecule has 10 nitrogen and oxygen atoms in total. The first kappa shape index (κ1) is 36.8. The van der Waals surface area contributed by atoms with Crippen LogP contribution >= 0.6 is 0 Å². The number of rotatable bonds is 8. The van der Waals surface area contributed by atoms with Crippen LogP contribution in [0.5, 0.6) is 0 Å². The highest BCUT2D eigenvalue weighted by molar-refractivity contribution is 5.82. The van der Waals surface area contributed by atoms with Crippen molar-refractivity contribution in [2.75, 3.05) is 75.2 Å². The van der Waals surface area contributed by atoms with Crippen LogP contribution in [0, 0.1) is 11.8 Å². The summed E-state index contributed by atoms with van der Waals surface area (Å²) in [7, 11) is 4.21. The zero-order chi connectivity index (χ0) is 37.7. The van der Waals surface area contributed by atoms with E-state index in [1.165, 1.54) is 98.5 Å². The molecule has 4 aromatic carbocycles. The second-order valence-corrected chi connectivity index (χ2v) is 15.6. The number of piperazine rings is 2. The summed E-state index contributed by atoms with van der Waals surface area (Å²) in [5.74, 6) is 4.06. The van der Waals surface area contributed by atoms with Crippen molar-refractivity contribution >= 4 is 39.9 Å². The quantitative estimate of drug-likeness (QED) is 0.164. The first-order valence-corrected chi connectivity index (χ1v) is 20.0. The second kappa shape index (κ2) is 16.7. The monoisotopic (exact) mass is 738 g/mol. The van der Waals surface area contributed by atoms with E-state index in [2.05, 4.69) is 140 Å². The fraction of sp³-hybridized carbons (Fsp3) is 0.400. The Hall–Kier alpha value is -5.19. The number of imidazole rings is 2. The average molecular weight is 739 g/mol. The molecule has 10 heteroatoms. The molecular formula is C45H54N8O2. The van der Waals surface area contributed by atoms with Gasteiger partial charge in [0.1, 0.15) is 11.6 Å². The summed E-state index contributed by atoms with van der Waals surface area (Å²) < 4.78 is 4.39. The van der Waals surface area contributed by atoms with Crippen LogP contribution in [0.15, 0.2) is 97.1 Å². The maximum absolute atomic E-state index is 8.36. The van der Waals surface area contributed by atoms with Crippen LogP contribution in [0.3, 0.4) is 0 Å². The van der Waals surface area contributed by atoms with E-state index in [9.17, 15) is 0 Å². The number of carbonyl (C=O) groups is 1. The number of fused-ring (bicyclic) bond motifs is 2. The molecule has 1 N–H and O–H groups in total. The lowest BCUT2D eigenvalue weighted by atomic mass is 10.1. The van der Waals surface area contributed by atoms with Gasteiger partial charge in [0, 0.05) is 102 Å². The number of aryl methyl sites for hydroxylation is 2. The molecule has 4 heterocycles. The molecule has 55 heavy (non-hydrogen) atoms. The summed E-state index contributed by atoms with van der Waals surface area (Å²) in [5, 5.41) is 6.89. The molecule has 0 amide bonds. The zero-order valence-electron chi connectivity index (χ0n) is 32.3. The van der Waals surface area contributed by atoms with Crippen LogP contribution in [0.1, 0.15) is 25.7 Å². The molecule has 0 radical (unpaired) electrons. The molecule has 2 saturated carbocycles. The third-order valence-corrected chi connectivity index (χ3v) is 11.7. The van der Waals surface area contributed by atoms with Crippen LogP contribution in [0.4, 0.5) is 11.4 Å². The molecular weight excluding hydrogens is 685 g/mol. The number of para-hydroxylation sites is 4. The Morgan fingerprint density at radius 3 is 1.31 bits per heavy atom. The molecule has 6 aromatic rings. The number of aromatic nitrogens is 4. The lowest BCUT2D eigenvalue weighted by molar-refractivity contribution is -0.122. The van der Waals surface area contributed by atoms with Gasteiger partial charge >= 0.3 is 0 Å². The number of carboxylic acid groups (broad SMARTS) is 1. The van der Waals surface area contributed by atoms with Gasteiger partial charge in [-0.3, -0.25) is 14.6 Å². The summed E-state index contributed by atoms with van der Waals surface area (Å²) in [4.78, 5) is 28.4. The molecule has 0 spiro atoms. The Labute approximate surface area is 324 Å². The van der Waals surface area contributed by atoms with E-state index in [-0.39, 0.29) is 6.47 Å². The molecule has 2 aliphatic heterocycles. The Morgan fingerprint density at radius 1 is 0.564 bits per heavy atom. The first-order valence-electron chi connectivity index (χ1n) is 20.0. The van der Waals surface area contributed by atoms with E-state index in [1.54, 1.807) is 0 Å². The molecule has 2 aliphatic carbocycles. The summed E-state index contributed by atoms with van der Waals surface area (Å²) in [6, 6.07) is 34.5. The molecule has 10 rings (SSSR count). The predicted octanol–water partition coefficient (Wildman–Crippen LogP) is 7.25. The molecule has 0 atom stereocenters. The standard InChI is InChI=1S/2C22H26N4.CH2O2/c2*1-24-21-8-3-2-7-20(21)23-22(24)18-5-4-6-19(15-18)26-13-11-25(12-14-26)16-17-9-10-17;2-1-3/h2*2-8,15,17H,9-14,16H2,1H3;1H,(H,2,3). The van der Waals surface area contributed by atoms with Crippen LogP contribution in [0.2, 0.25) is 0 Å². The number of hydrogen-bond acceptors (Lipinski definition) is 7. The number of nitrogens with zero attached hydrogens (tertiary/aromatic N) is 8. The minimum absolute atomic E-state index is 0.250. The number of benzene rings is 4. The molecule has 2 saturated heterocycles. The van der Waals surface area contributed by atoms with Gasteiger partial charge in [0.2, 0.25) is 0 Å². The zero-order valence-corrected chi connectivity index (χ0v) is 32.3. The fourth-order valence-corrected chi connectivity index (χ4v) is 8.20. The Morgan fingerprint density at radius 2 is 0.945 bits per heavy atom. The maximum Gasteiger partial charge on any atom is 0.290 e. The van der Waals surface area contributed by atoms with Gasteiger partial charge in [0.25, 0.3) is 6.47 Å². The lowest BCUT2D eigenvalue weighted by Crippen LogP contribution is -2.47. The van der Waals surface area contributed by atoms with Crippen molar-refractivity contribution in [3.05, 3.63) is 97.1 Å². The summed E-state index contributed by atoms with van der Waals surface area (Å²) in [5.41, 5.74) is 9.51. The van der Waals surface area contributed by atoms with Crippen molar-refractivity contribution in [1.82, 2.24) is 28.9 Å². The largest absolute Gasteiger partial charge is 0.483 e. The second-order valence-electron chi connectivity index (χ2n) is 15.6. The normalized spacial score (nSPS) is 17.8. The van der Waals surface area contributed by atoms with Crippen molar-refractivity contribution < 1.29 is 9.90 Å². The third-order valence-electron chi connectivity index (χ3n) is 11.7. The predicted molar refractivity (Wildman–Crippen MR) is 224 cm³/mol. The molecule has 0 unspecified atom stereocenters. The van der Waals surface area contributed by atoms with Crippen molar-refractivity contribution in [1.29, 1.82) is 0 Å². The van der Waals surface area contributed by atoms with E-state index >= 15 is 0 Å². The molecule has 2 aromatic heterocycles. The van der Waals surface area contributed by atoms with E-state index in [4.69, 9.17) is 19.9 Å². The highest BCUT2D eigenvalue weighted by Crippen LogP contribution is 2.33. The van der Waals surface area contributed by atoms with Crippen LogP contribution in [0.25, 0.3) is 44.8 Å². The van der Waals surface area contributed by atoms with E-state index in [0.29, 0.717) is 0 Å². The maximum atomic E-state index is 8.36. The van der Waals surface area contributed by atoms with Gasteiger partial charge in [-0.1, -0.05) is 48.5 Å². The first-order chi connectivity index (χ1) is 27.0. The van der Waals surface area contributed by atoms with Crippen molar-refractivity contribution in [3.8, 4) is 22.8 Å². The highest BCUT2D eigenvalue weighted by atomic mass is 16.3. The summed E-state index contributed by atoms with van der Waals surface area (Å²) >= 11 is 0. The van der Waals surface area contributed by atoms with E-state index < -0.39 is 0 Å². The van der Waals surface area contributed by atoms with Crippen LogP contribution in [-0.4, -0.2) is 106 Å². The lowest BCUT2D eigenvalue weighted by Gasteiger charge is -2.36. The van der Waals surface area contributed by atoms with Crippen molar-refractivity contribution in [2.24, 2.45) is 25.9 Å². The van der Waals surface area contributed by atoms with Crippen LogP contribution < -0.4 is 9.80 Å². The van der Waals surface area contributed by atoms with Gasteiger partial charge in [-0.2, -0.15) is 0 Å². The topological polar surface area (TPSA) is 85.9 Å². The van der Waals surface area contributed by atoms with Crippen molar-refractivity contribution in [2.45, 2.75) is 25.7 Å².